The first-order valence-electron chi connectivity index (χ1n) is 14.0. The topological polar surface area (TPSA) is 95.6 Å². The van der Waals surface area contributed by atoms with Gasteiger partial charge in [-0.25, -0.2) is 9.98 Å². The van der Waals surface area contributed by atoms with E-state index >= 15 is 0 Å². The van der Waals surface area contributed by atoms with E-state index in [2.05, 4.69) is 66.1 Å². The van der Waals surface area contributed by atoms with Crippen molar-refractivity contribution in [3.63, 3.8) is 0 Å². The Bertz CT molecular complexity index is 1230. The lowest BCUT2D eigenvalue weighted by atomic mass is 9.74. The van der Waals surface area contributed by atoms with Gasteiger partial charge in [0.25, 0.3) is 0 Å². The van der Waals surface area contributed by atoms with Crippen molar-refractivity contribution in [2.45, 2.75) is 72.8 Å². The van der Waals surface area contributed by atoms with E-state index in [4.69, 9.17) is 5.73 Å². The van der Waals surface area contributed by atoms with Crippen LogP contribution in [0.15, 0.2) is 39.4 Å². The zero-order valence-corrected chi connectivity index (χ0v) is 24.3. The number of amides is 1. The number of carbonyl (C=O) groups excluding carboxylic acids is 1. The van der Waals surface area contributed by atoms with Crippen LogP contribution in [-0.2, 0) is 4.79 Å². The lowest BCUT2D eigenvalue weighted by Crippen LogP contribution is -2.63. The van der Waals surface area contributed by atoms with Gasteiger partial charge in [0.2, 0.25) is 5.91 Å². The molecule has 5 rings (SSSR count). The number of hydrogen-bond acceptors (Lipinski definition) is 6. The molecule has 0 aromatic carbocycles. The molecule has 4 aliphatic rings. The zero-order chi connectivity index (χ0) is 27.2. The quantitative estimate of drug-likeness (QED) is 0.275. The van der Waals surface area contributed by atoms with Gasteiger partial charge in [-0.2, -0.15) is 0 Å². The van der Waals surface area contributed by atoms with Gasteiger partial charge in [0.05, 0.1) is 17.5 Å². The van der Waals surface area contributed by atoms with Crippen LogP contribution in [0.3, 0.4) is 0 Å². The van der Waals surface area contributed by atoms with Gasteiger partial charge in [0, 0.05) is 42.3 Å². The van der Waals surface area contributed by atoms with E-state index in [0.717, 1.165) is 54.0 Å². The summed E-state index contributed by atoms with van der Waals surface area (Å²) >= 11 is 1.77. The molecule has 0 unspecified atom stereocenters. The molecule has 1 spiro atoms. The molecule has 0 atom stereocenters. The van der Waals surface area contributed by atoms with Crippen LogP contribution in [0.4, 0.5) is 5.82 Å². The maximum atomic E-state index is 12.3. The number of aromatic nitrogens is 1. The van der Waals surface area contributed by atoms with E-state index < -0.39 is 0 Å². The summed E-state index contributed by atoms with van der Waals surface area (Å²) < 4.78 is 3.77. The van der Waals surface area contributed by atoms with Crippen molar-refractivity contribution in [3.05, 3.63) is 51.1 Å². The molecule has 8 heteroatoms. The number of pyridine rings is 1. The molecular formula is C30H42N6OS. The monoisotopic (exact) mass is 534 g/mol. The molecule has 0 bridgehead atoms. The molecule has 204 valence electrons. The second-order valence-corrected chi connectivity index (χ2v) is 12.7. The van der Waals surface area contributed by atoms with Crippen molar-refractivity contribution >= 4 is 35.7 Å². The summed E-state index contributed by atoms with van der Waals surface area (Å²) in [6.07, 6.45) is 8.94. The van der Waals surface area contributed by atoms with Gasteiger partial charge >= 0.3 is 0 Å². The minimum Gasteiger partial charge on any atom is -0.390 e. The summed E-state index contributed by atoms with van der Waals surface area (Å²) in [7, 11) is 0. The fraction of sp³-hybridized carbons (Fsp3) is 0.567. The fourth-order valence-corrected chi connectivity index (χ4v) is 7.93. The number of rotatable bonds is 5. The Labute approximate surface area is 231 Å². The van der Waals surface area contributed by atoms with Crippen molar-refractivity contribution < 1.29 is 4.79 Å². The van der Waals surface area contributed by atoms with Crippen LogP contribution in [0.2, 0.25) is 0 Å². The van der Waals surface area contributed by atoms with Crippen molar-refractivity contribution in [2.75, 3.05) is 19.6 Å². The van der Waals surface area contributed by atoms with Crippen LogP contribution in [0.25, 0.3) is 5.70 Å². The summed E-state index contributed by atoms with van der Waals surface area (Å²) in [5, 5.41) is 3.03. The molecule has 1 amide bonds. The highest BCUT2D eigenvalue weighted by Gasteiger charge is 2.53. The van der Waals surface area contributed by atoms with Crippen LogP contribution in [0, 0.1) is 31.1 Å². The highest BCUT2D eigenvalue weighted by atomic mass is 32.2. The Morgan fingerprint density at radius 2 is 1.92 bits per heavy atom. The summed E-state index contributed by atoms with van der Waals surface area (Å²) in [6, 6.07) is 0.601. The average Bonchev–Trinajstić information content (AvgIpc) is 3.21. The van der Waals surface area contributed by atoms with Crippen molar-refractivity contribution in [2.24, 2.45) is 28.0 Å². The lowest BCUT2D eigenvalue weighted by Gasteiger charge is -2.51. The molecule has 1 aliphatic carbocycles. The summed E-state index contributed by atoms with van der Waals surface area (Å²) in [6.45, 7) is 18.2. The normalized spacial score (nSPS) is 26.3. The Morgan fingerprint density at radius 3 is 2.53 bits per heavy atom. The second-order valence-electron chi connectivity index (χ2n) is 11.8. The summed E-state index contributed by atoms with van der Waals surface area (Å²) in [5.74, 6) is 1.77. The number of nitrogens with zero attached hydrogens (tertiary/aromatic N) is 3. The predicted octanol–water partition coefficient (Wildman–Crippen LogP) is 5.15. The maximum Gasteiger partial charge on any atom is 0.228 e. The van der Waals surface area contributed by atoms with Crippen LogP contribution in [-0.4, -0.2) is 47.8 Å². The Hall–Kier alpha value is -2.58. The molecule has 4 heterocycles. The first-order valence-corrected chi connectivity index (χ1v) is 14.8. The molecule has 3 aliphatic heterocycles. The van der Waals surface area contributed by atoms with E-state index in [-0.39, 0.29) is 11.3 Å². The smallest absolute Gasteiger partial charge is 0.228 e. The first-order chi connectivity index (χ1) is 18.2. The number of nitrogens with one attached hydrogen (secondary N) is 2. The Kier molecular flexibility index (Phi) is 7.48. The van der Waals surface area contributed by atoms with Crippen molar-refractivity contribution in [3.8, 4) is 0 Å². The standard InChI is InChI=1S/C30H42N6OS/c1-17(2)25-19(4)20(5)27(38-35-26(25)24-13-33-28(34-16-31)21(6)18(24)3)22-7-9-23(10-8-22)36-14-30(15-36)11-12-32-29(30)37/h13,16-17,22-23,35H,4,7-12,14-15H2,1-3,5-6H3,(H,32,37)(H2,31,33,34). The minimum atomic E-state index is -0.0930. The largest absolute Gasteiger partial charge is 0.390 e. The van der Waals surface area contributed by atoms with Crippen LogP contribution in [0.1, 0.15) is 69.6 Å². The van der Waals surface area contributed by atoms with Crippen molar-refractivity contribution in [1.29, 1.82) is 0 Å². The molecule has 1 saturated carbocycles. The first kappa shape index (κ1) is 27.0. The molecule has 3 fully saturated rings. The average molecular weight is 535 g/mol. The molecule has 1 aromatic rings. The van der Waals surface area contributed by atoms with Gasteiger partial charge in [-0.15, -0.1) is 0 Å². The van der Waals surface area contributed by atoms with Gasteiger partial charge in [-0.3, -0.25) is 9.69 Å². The SMILES string of the molecule is C=C1C(C)=C(C2CCC(N3CC4(CCNC4=O)C3)CC2)SNC(c2cnc(N=CN)c(C)c2C)=C1C(C)C. The third kappa shape index (κ3) is 4.60. The van der Waals surface area contributed by atoms with Gasteiger partial charge < -0.3 is 15.8 Å². The summed E-state index contributed by atoms with van der Waals surface area (Å²) in [4.78, 5) is 25.1. The number of likely N-dealkylation sites (tertiary alicyclic amines) is 1. The van der Waals surface area contributed by atoms with Gasteiger partial charge in [0.1, 0.15) is 0 Å². The third-order valence-electron chi connectivity index (χ3n) is 9.31. The van der Waals surface area contributed by atoms with E-state index in [0.29, 0.717) is 23.7 Å². The molecule has 2 saturated heterocycles. The Balaban J connectivity index is 1.32. The zero-order valence-electron chi connectivity index (χ0n) is 23.5. The number of allylic oxidation sites excluding steroid dienone is 4. The number of nitrogens with two attached hydrogens (primary N) is 1. The number of hydrogen-bond donors (Lipinski definition) is 3. The van der Waals surface area contributed by atoms with E-state index in [1.165, 1.54) is 48.1 Å². The highest BCUT2D eigenvalue weighted by molar-refractivity contribution is 8.01. The summed E-state index contributed by atoms with van der Waals surface area (Å²) in [5.41, 5.74) is 13.5. The van der Waals surface area contributed by atoms with E-state index in [9.17, 15) is 4.79 Å². The van der Waals surface area contributed by atoms with E-state index in [1.807, 2.05) is 6.20 Å². The molecule has 38 heavy (non-hydrogen) atoms. The number of carbonyl (C=O) groups is 1. The van der Waals surface area contributed by atoms with Crippen LogP contribution in [0.5, 0.6) is 0 Å². The Morgan fingerprint density at radius 1 is 1.21 bits per heavy atom. The predicted molar refractivity (Wildman–Crippen MR) is 158 cm³/mol. The van der Waals surface area contributed by atoms with E-state index in [1.54, 1.807) is 11.9 Å². The van der Waals surface area contributed by atoms with Crippen molar-refractivity contribution in [1.82, 2.24) is 19.9 Å². The molecule has 4 N–H and O–H groups in total. The fourth-order valence-electron chi connectivity index (χ4n) is 6.82. The second kappa shape index (κ2) is 10.5. The van der Waals surface area contributed by atoms with Gasteiger partial charge in [-0.05, 0) is 105 Å². The third-order valence-corrected chi connectivity index (χ3v) is 10.5. The minimum absolute atomic E-state index is 0.0930. The maximum absolute atomic E-state index is 12.3. The van der Waals surface area contributed by atoms with Gasteiger partial charge in [0.15, 0.2) is 5.82 Å². The van der Waals surface area contributed by atoms with Crippen LogP contribution >= 0.6 is 11.9 Å². The molecule has 1 aromatic heterocycles. The molecule has 0 radical (unpaired) electrons. The molecular weight excluding hydrogens is 492 g/mol. The van der Waals surface area contributed by atoms with Crippen LogP contribution < -0.4 is 15.8 Å². The van der Waals surface area contributed by atoms with Gasteiger partial charge in [-0.1, -0.05) is 20.4 Å². The highest BCUT2D eigenvalue weighted by Crippen LogP contribution is 2.47. The molecule has 7 nitrogen and oxygen atoms in total. The number of aliphatic imine (C=N–C) groups is 1. The lowest BCUT2D eigenvalue weighted by molar-refractivity contribution is -0.140.